The van der Waals surface area contributed by atoms with E-state index in [4.69, 9.17) is 16.3 Å². The minimum absolute atomic E-state index is 0.00541. The molecule has 2 amide bonds. The molecule has 4 rings (SSSR count). The quantitative estimate of drug-likeness (QED) is 0.791. The molecule has 3 atom stereocenters. The number of halogens is 1. The van der Waals surface area contributed by atoms with E-state index < -0.39 is 0 Å². The van der Waals surface area contributed by atoms with Crippen LogP contribution in [0.1, 0.15) is 47.4 Å². The summed E-state index contributed by atoms with van der Waals surface area (Å²) < 4.78 is 5.76. The van der Waals surface area contributed by atoms with Crippen LogP contribution >= 0.6 is 11.6 Å². The Labute approximate surface area is 180 Å². The monoisotopic (exact) mass is 428 g/mol. The standard InChI is InChI=1S/C22H25ClN4O3/c1-13-7-15(23)3-6-20(13)30-12-21(28)27-17-4-5-18(27)9-16(8-17)26-22(29)19-11-24-14(2)10-25-19/h3,6-7,10-11,16-18H,4-5,8-9,12H2,1-2H3,(H,26,29)/t16?,17-,18+. The molecule has 2 bridgehead atoms. The Bertz CT molecular complexity index is 936. The van der Waals surface area contributed by atoms with Crippen molar-refractivity contribution in [3.8, 4) is 5.75 Å². The van der Waals surface area contributed by atoms with Crippen LogP contribution < -0.4 is 10.1 Å². The van der Waals surface area contributed by atoms with Crippen molar-refractivity contribution in [3.05, 3.63) is 52.6 Å². The summed E-state index contributed by atoms with van der Waals surface area (Å²) in [6, 6.07) is 5.64. The third-order valence-corrected chi connectivity index (χ3v) is 6.09. The lowest BCUT2D eigenvalue weighted by molar-refractivity contribution is -0.138. The fourth-order valence-electron chi connectivity index (χ4n) is 4.46. The van der Waals surface area contributed by atoms with Crippen LogP contribution in [0.15, 0.2) is 30.6 Å². The van der Waals surface area contributed by atoms with Gasteiger partial charge in [0.25, 0.3) is 11.8 Å². The van der Waals surface area contributed by atoms with E-state index >= 15 is 0 Å². The second-order valence-corrected chi connectivity index (χ2v) is 8.51. The van der Waals surface area contributed by atoms with Crippen molar-refractivity contribution in [2.45, 2.75) is 57.7 Å². The molecular weight excluding hydrogens is 404 g/mol. The van der Waals surface area contributed by atoms with Gasteiger partial charge in [0.1, 0.15) is 11.4 Å². The highest BCUT2D eigenvalue weighted by atomic mass is 35.5. The van der Waals surface area contributed by atoms with Gasteiger partial charge in [-0.25, -0.2) is 4.98 Å². The molecule has 0 radical (unpaired) electrons. The minimum atomic E-state index is -0.215. The molecule has 0 spiro atoms. The zero-order valence-corrected chi connectivity index (χ0v) is 17.9. The zero-order chi connectivity index (χ0) is 21.3. The van der Waals surface area contributed by atoms with Crippen LogP contribution in [0.2, 0.25) is 5.02 Å². The number of carbonyl (C=O) groups is 2. The summed E-state index contributed by atoms with van der Waals surface area (Å²) in [7, 11) is 0. The van der Waals surface area contributed by atoms with E-state index in [2.05, 4.69) is 15.3 Å². The number of amides is 2. The highest BCUT2D eigenvalue weighted by molar-refractivity contribution is 6.30. The van der Waals surface area contributed by atoms with Gasteiger partial charge in [0.15, 0.2) is 6.61 Å². The SMILES string of the molecule is Cc1cnc(C(=O)NC2C[C@H]3CC[C@@H](C2)N3C(=O)COc2ccc(Cl)cc2C)cn1. The van der Waals surface area contributed by atoms with E-state index in [1.165, 1.54) is 6.20 Å². The first-order valence-corrected chi connectivity index (χ1v) is 10.6. The van der Waals surface area contributed by atoms with Crippen molar-refractivity contribution in [3.63, 3.8) is 0 Å². The van der Waals surface area contributed by atoms with Crippen molar-refractivity contribution in [1.82, 2.24) is 20.2 Å². The van der Waals surface area contributed by atoms with Gasteiger partial charge in [-0.2, -0.15) is 0 Å². The van der Waals surface area contributed by atoms with E-state index in [-0.39, 0.29) is 36.5 Å². The normalized spacial score (nSPS) is 22.6. The van der Waals surface area contributed by atoms with Gasteiger partial charge in [-0.05, 0) is 63.3 Å². The third-order valence-electron chi connectivity index (χ3n) is 5.86. The number of rotatable bonds is 5. The summed E-state index contributed by atoms with van der Waals surface area (Å²) in [5, 5.41) is 3.71. The Morgan fingerprint density at radius 2 is 1.90 bits per heavy atom. The Balaban J connectivity index is 1.33. The Hall–Kier alpha value is -2.67. The van der Waals surface area contributed by atoms with Crippen molar-refractivity contribution in [1.29, 1.82) is 0 Å². The van der Waals surface area contributed by atoms with Gasteiger partial charge < -0.3 is 15.0 Å². The van der Waals surface area contributed by atoms with E-state index in [0.717, 1.165) is 36.9 Å². The first kappa shape index (κ1) is 20.6. The maximum Gasteiger partial charge on any atom is 0.271 e. The lowest BCUT2D eigenvalue weighted by Crippen LogP contribution is -2.53. The van der Waals surface area contributed by atoms with Crippen LogP contribution in [0.25, 0.3) is 0 Å². The van der Waals surface area contributed by atoms with E-state index in [0.29, 0.717) is 16.5 Å². The van der Waals surface area contributed by atoms with Crippen LogP contribution in [0.3, 0.4) is 0 Å². The summed E-state index contributed by atoms with van der Waals surface area (Å²) in [5.74, 6) is 0.445. The van der Waals surface area contributed by atoms with Crippen LogP contribution in [0, 0.1) is 13.8 Å². The number of piperidine rings is 1. The Kier molecular flexibility index (Phi) is 5.90. The van der Waals surface area contributed by atoms with Crippen LogP contribution in [0.5, 0.6) is 5.75 Å². The van der Waals surface area contributed by atoms with Crippen molar-refractivity contribution in [2.24, 2.45) is 0 Å². The van der Waals surface area contributed by atoms with Crippen molar-refractivity contribution in [2.75, 3.05) is 6.61 Å². The Morgan fingerprint density at radius 3 is 2.53 bits per heavy atom. The second-order valence-electron chi connectivity index (χ2n) is 8.07. The number of aryl methyl sites for hydroxylation is 2. The molecule has 1 aromatic heterocycles. The maximum absolute atomic E-state index is 12.9. The van der Waals surface area contributed by atoms with E-state index in [9.17, 15) is 9.59 Å². The molecular formula is C22H25ClN4O3. The summed E-state index contributed by atoms with van der Waals surface area (Å²) >= 11 is 5.98. The van der Waals surface area contributed by atoms with Crippen LogP contribution in [0.4, 0.5) is 0 Å². The summed E-state index contributed by atoms with van der Waals surface area (Å²) in [6.45, 7) is 3.74. The molecule has 3 heterocycles. The zero-order valence-electron chi connectivity index (χ0n) is 17.1. The molecule has 2 aliphatic rings. The fraction of sp³-hybridized carbons (Fsp3) is 0.455. The molecule has 2 aromatic rings. The largest absolute Gasteiger partial charge is 0.483 e. The van der Waals surface area contributed by atoms with Gasteiger partial charge in [-0.3, -0.25) is 14.6 Å². The molecule has 2 fully saturated rings. The maximum atomic E-state index is 12.9. The number of nitrogens with zero attached hydrogens (tertiary/aromatic N) is 3. The van der Waals surface area contributed by atoms with Gasteiger partial charge >= 0.3 is 0 Å². The number of ether oxygens (including phenoxy) is 1. The number of benzene rings is 1. The molecule has 158 valence electrons. The van der Waals surface area contributed by atoms with E-state index in [1.54, 1.807) is 18.3 Å². The van der Waals surface area contributed by atoms with Crippen molar-refractivity contribution >= 4 is 23.4 Å². The molecule has 8 heteroatoms. The van der Waals surface area contributed by atoms with Gasteiger partial charge in [0.2, 0.25) is 0 Å². The lowest BCUT2D eigenvalue weighted by Gasteiger charge is -2.39. The molecule has 7 nitrogen and oxygen atoms in total. The highest BCUT2D eigenvalue weighted by Crippen LogP contribution is 2.36. The molecule has 2 saturated heterocycles. The molecule has 2 aliphatic heterocycles. The van der Waals surface area contributed by atoms with Crippen molar-refractivity contribution < 1.29 is 14.3 Å². The van der Waals surface area contributed by atoms with Gasteiger partial charge in [0.05, 0.1) is 11.9 Å². The predicted octanol–water partition coefficient (Wildman–Crippen LogP) is 3.08. The van der Waals surface area contributed by atoms with Crippen LogP contribution in [-0.4, -0.2) is 51.4 Å². The lowest BCUT2D eigenvalue weighted by atomic mass is 9.97. The third kappa shape index (κ3) is 4.41. The Morgan fingerprint density at radius 1 is 1.17 bits per heavy atom. The molecule has 1 unspecified atom stereocenters. The molecule has 0 saturated carbocycles. The minimum Gasteiger partial charge on any atom is -0.483 e. The fourth-order valence-corrected chi connectivity index (χ4v) is 4.69. The number of aromatic nitrogens is 2. The summed E-state index contributed by atoms with van der Waals surface area (Å²) in [5.41, 5.74) is 1.99. The predicted molar refractivity (Wildman–Crippen MR) is 113 cm³/mol. The topological polar surface area (TPSA) is 84.4 Å². The molecule has 1 N–H and O–H groups in total. The van der Waals surface area contributed by atoms with Gasteiger partial charge in [0, 0.05) is 29.3 Å². The van der Waals surface area contributed by atoms with E-state index in [1.807, 2.05) is 24.8 Å². The number of nitrogens with one attached hydrogen (secondary N) is 1. The second kappa shape index (κ2) is 8.60. The molecule has 1 aromatic carbocycles. The average Bonchev–Trinajstić information content (AvgIpc) is 2.98. The number of hydrogen-bond acceptors (Lipinski definition) is 5. The van der Waals surface area contributed by atoms with Crippen LogP contribution in [-0.2, 0) is 4.79 Å². The summed E-state index contributed by atoms with van der Waals surface area (Å²) in [6.07, 6.45) is 6.47. The first-order chi connectivity index (χ1) is 14.4. The smallest absolute Gasteiger partial charge is 0.271 e. The number of hydrogen-bond donors (Lipinski definition) is 1. The average molecular weight is 429 g/mol. The number of carbonyl (C=O) groups excluding carboxylic acids is 2. The number of fused-ring (bicyclic) bond motifs is 2. The van der Waals surface area contributed by atoms with Gasteiger partial charge in [-0.15, -0.1) is 0 Å². The molecule has 30 heavy (non-hydrogen) atoms. The van der Waals surface area contributed by atoms with Gasteiger partial charge in [-0.1, -0.05) is 11.6 Å². The molecule has 0 aliphatic carbocycles. The first-order valence-electron chi connectivity index (χ1n) is 10.2. The summed E-state index contributed by atoms with van der Waals surface area (Å²) in [4.78, 5) is 35.6. The highest BCUT2D eigenvalue weighted by Gasteiger charge is 2.43.